The predicted molar refractivity (Wildman–Crippen MR) is 83.7 cm³/mol. The molecule has 0 spiro atoms. The lowest BCUT2D eigenvalue weighted by Crippen LogP contribution is -2.36. The van der Waals surface area contributed by atoms with Crippen molar-refractivity contribution in [1.82, 2.24) is 4.90 Å². The molecule has 21 heavy (non-hydrogen) atoms. The summed E-state index contributed by atoms with van der Waals surface area (Å²) in [5.74, 6) is -0.143. The van der Waals surface area contributed by atoms with Gasteiger partial charge in [-0.25, -0.2) is 4.39 Å². The van der Waals surface area contributed by atoms with Crippen LogP contribution in [0.15, 0.2) is 36.4 Å². The van der Waals surface area contributed by atoms with E-state index in [1.165, 1.54) is 6.07 Å². The molecule has 1 unspecified atom stereocenters. The maximum atomic E-state index is 13.8. The SMILES string of the molecule is CCN(CC(C)CN)C(=O)c1ccc(F)c2ccccc12. The van der Waals surface area contributed by atoms with Gasteiger partial charge in [0.2, 0.25) is 0 Å². The minimum absolute atomic E-state index is 0.0750. The third kappa shape index (κ3) is 3.22. The van der Waals surface area contributed by atoms with Gasteiger partial charge in [0.05, 0.1) is 0 Å². The van der Waals surface area contributed by atoms with E-state index in [9.17, 15) is 9.18 Å². The first kappa shape index (κ1) is 15.4. The van der Waals surface area contributed by atoms with Crippen LogP contribution < -0.4 is 5.73 Å². The second-order valence-electron chi connectivity index (χ2n) is 5.33. The lowest BCUT2D eigenvalue weighted by atomic mass is 10.0. The van der Waals surface area contributed by atoms with E-state index in [1.807, 2.05) is 19.9 Å². The van der Waals surface area contributed by atoms with Crippen molar-refractivity contribution in [2.45, 2.75) is 13.8 Å². The van der Waals surface area contributed by atoms with Gasteiger partial charge in [-0.2, -0.15) is 0 Å². The molecule has 2 aromatic carbocycles. The van der Waals surface area contributed by atoms with Crippen LogP contribution in [0.3, 0.4) is 0 Å². The normalized spacial score (nSPS) is 12.4. The molecule has 0 aliphatic heterocycles. The number of hydrogen-bond acceptors (Lipinski definition) is 2. The lowest BCUT2D eigenvalue weighted by molar-refractivity contribution is 0.0746. The van der Waals surface area contributed by atoms with E-state index in [2.05, 4.69) is 0 Å². The first-order chi connectivity index (χ1) is 10.1. The zero-order chi connectivity index (χ0) is 15.4. The van der Waals surface area contributed by atoms with Crippen LogP contribution >= 0.6 is 0 Å². The molecule has 0 aliphatic carbocycles. The molecule has 112 valence electrons. The molecule has 0 aliphatic rings. The summed E-state index contributed by atoms with van der Waals surface area (Å²) < 4.78 is 13.8. The Morgan fingerprint density at radius 3 is 2.52 bits per heavy atom. The van der Waals surface area contributed by atoms with E-state index < -0.39 is 0 Å². The first-order valence-corrected chi connectivity index (χ1v) is 7.25. The Morgan fingerprint density at radius 2 is 1.90 bits per heavy atom. The minimum Gasteiger partial charge on any atom is -0.339 e. The second-order valence-corrected chi connectivity index (χ2v) is 5.33. The molecule has 0 saturated carbocycles. The third-order valence-electron chi connectivity index (χ3n) is 3.70. The van der Waals surface area contributed by atoms with E-state index in [1.54, 1.807) is 29.2 Å². The molecule has 1 amide bonds. The Bertz CT molecular complexity index is 642. The maximum Gasteiger partial charge on any atom is 0.254 e. The molecule has 4 heteroatoms. The van der Waals surface area contributed by atoms with E-state index in [-0.39, 0.29) is 17.6 Å². The van der Waals surface area contributed by atoms with Crippen LogP contribution in [-0.2, 0) is 0 Å². The van der Waals surface area contributed by atoms with Crippen LogP contribution in [0.2, 0.25) is 0 Å². The van der Waals surface area contributed by atoms with Crippen LogP contribution in [0, 0.1) is 11.7 Å². The molecule has 2 aromatic rings. The Balaban J connectivity index is 2.41. The molecule has 3 nitrogen and oxygen atoms in total. The summed E-state index contributed by atoms with van der Waals surface area (Å²) in [5.41, 5.74) is 6.18. The summed E-state index contributed by atoms with van der Waals surface area (Å²) in [5, 5.41) is 1.13. The molecule has 0 bridgehead atoms. The molecular formula is C17H21FN2O. The Labute approximate surface area is 124 Å². The molecule has 0 radical (unpaired) electrons. The number of nitrogens with zero attached hydrogens (tertiary/aromatic N) is 1. The fourth-order valence-corrected chi connectivity index (χ4v) is 2.43. The van der Waals surface area contributed by atoms with Gasteiger partial charge in [0, 0.05) is 24.0 Å². The minimum atomic E-state index is -0.305. The Hall–Kier alpha value is -1.94. The summed E-state index contributed by atoms with van der Waals surface area (Å²) in [6, 6.07) is 9.99. The first-order valence-electron chi connectivity index (χ1n) is 7.25. The van der Waals surface area contributed by atoms with E-state index >= 15 is 0 Å². The largest absolute Gasteiger partial charge is 0.339 e. The summed E-state index contributed by atoms with van der Waals surface area (Å²) >= 11 is 0. The second kappa shape index (κ2) is 6.68. The van der Waals surface area contributed by atoms with Gasteiger partial charge in [0.1, 0.15) is 5.82 Å². The average Bonchev–Trinajstić information content (AvgIpc) is 2.52. The smallest absolute Gasteiger partial charge is 0.254 e. The van der Waals surface area contributed by atoms with Gasteiger partial charge in [-0.1, -0.05) is 31.2 Å². The third-order valence-corrected chi connectivity index (χ3v) is 3.70. The zero-order valence-electron chi connectivity index (χ0n) is 12.5. The quantitative estimate of drug-likeness (QED) is 0.919. The maximum absolute atomic E-state index is 13.8. The number of benzene rings is 2. The van der Waals surface area contributed by atoms with Crippen LogP contribution in [0.4, 0.5) is 4.39 Å². The molecule has 0 saturated heterocycles. The van der Waals surface area contributed by atoms with Gasteiger partial charge < -0.3 is 10.6 Å². The topological polar surface area (TPSA) is 46.3 Å². The molecular weight excluding hydrogens is 267 g/mol. The van der Waals surface area contributed by atoms with Crippen molar-refractivity contribution >= 4 is 16.7 Å². The number of nitrogens with two attached hydrogens (primary N) is 1. The highest BCUT2D eigenvalue weighted by atomic mass is 19.1. The predicted octanol–water partition coefficient (Wildman–Crippen LogP) is 3.04. The highest BCUT2D eigenvalue weighted by Crippen LogP contribution is 2.23. The van der Waals surface area contributed by atoms with Crippen LogP contribution in [0.5, 0.6) is 0 Å². The van der Waals surface area contributed by atoms with Crippen LogP contribution in [-0.4, -0.2) is 30.4 Å². The highest BCUT2D eigenvalue weighted by molar-refractivity contribution is 6.07. The van der Waals surface area contributed by atoms with Gasteiger partial charge in [-0.15, -0.1) is 0 Å². The summed E-state index contributed by atoms with van der Waals surface area (Å²) in [6.07, 6.45) is 0. The van der Waals surface area contributed by atoms with Crippen molar-refractivity contribution in [1.29, 1.82) is 0 Å². The van der Waals surface area contributed by atoms with Crippen molar-refractivity contribution in [2.24, 2.45) is 11.7 Å². The van der Waals surface area contributed by atoms with E-state index in [0.29, 0.717) is 36.0 Å². The Morgan fingerprint density at radius 1 is 1.24 bits per heavy atom. The van der Waals surface area contributed by atoms with Gasteiger partial charge >= 0.3 is 0 Å². The van der Waals surface area contributed by atoms with Gasteiger partial charge in [0.25, 0.3) is 5.91 Å². The van der Waals surface area contributed by atoms with Crippen LogP contribution in [0.1, 0.15) is 24.2 Å². The molecule has 0 aromatic heterocycles. The van der Waals surface area contributed by atoms with Crippen molar-refractivity contribution in [3.63, 3.8) is 0 Å². The van der Waals surface area contributed by atoms with Crippen molar-refractivity contribution in [3.05, 3.63) is 47.8 Å². The highest BCUT2D eigenvalue weighted by Gasteiger charge is 2.19. The monoisotopic (exact) mass is 288 g/mol. The number of fused-ring (bicyclic) bond motifs is 1. The lowest BCUT2D eigenvalue weighted by Gasteiger charge is -2.24. The van der Waals surface area contributed by atoms with E-state index in [4.69, 9.17) is 5.73 Å². The summed E-state index contributed by atoms with van der Waals surface area (Å²) in [7, 11) is 0. The number of carbonyl (C=O) groups is 1. The van der Waals surface area contributed by atoms with Crippen molar-refractivity contribution in [2.75, 3.05) is 19.6 Å². The summed E-state index contributed by atoms with van der Waals surface area (Å²) in [6.45, 7) is 5.70. The molecule has 0 fully saturated rings. The van der Waals surface area contributed by atoms with E-state index in [0.717, 1.165) is 0 Å². The Kier molecular flexibility index (Phi) is 4.91. The van der Waals surface area contributed by atoms with Gasteiger partial charge in [0.15, 0.2) is 0 Å². The molecule has 2 N–H and O–H groups in total. The average molecular weight is 288 g/mol. The standard InChI is InChI=1S/C17H21FN2O/c1-3-20(11-12(2)10-19)17(21)15-8-9-16(18)14-7-5-4-6-13(14)15/h4-9,12H,3,10-11,19H2,1-2H3. The van der Waals surface area contributed by atoms with Crippen molar-refractivity contribution < 1.29 is 9.18 Å². The zero-order valence-corrected chi connectivity index (χ0v) is 12.5. The number of rotatable bonds is 5. The molecule has 2 rings (SSSR count). The number of halogens is 1. The van der Waals surface area contributed by atoms with Crippen molar-refractivity contribution in [3.8, 4) is 0 Å². The molecule has 0 heterocycles. The van der Waals surface area contributed by atoms with Gasteiger partial charge in [-0.3, -0.25) is 4.79 Å². The van der Waals surface area contributed by atoms with Crippen LogP contribution in [0.25, 0.3) is 10.8 Å². The fourth-order valence-electron chi connectivity index (χ4n) is 2.43. The number of amides is 1. The fraction of sp³-hybridized carbons (Fsp3) is 0.353. The number of carbonyl (C=O) groups excluding carboxylic acids is 1. The number of hydrogen-bond donors (Lipinski definition) is 1. The van der Waals surface area contributed by atoms with Gasteiger partial charge in [-0.05, 0) is 36.9 Å². The molecule has 1 atom stereocenters. The summed E-state index contributed by atoms with van der Waals surface area (Å²) in [4.78, 5) is 14.5.